The second-order valence-electron chi connectivity index (χ2n) is 10.4. The van der Waals surface area contributed by atoms with Crippen LogP contribution in [0.25, 0.3) is 0 Å². The van der Waals surface area contributed by atoms with Crippen LogP contribution in [0.1, 0.15) is 117 Å². The number of aliphatic hydroxyl groups excluding tert-OH is 4. The van der Waals surface area contributed by atoms with Gasteiger partial charge in [0, 0.05) is 6.42 Å². The first-order valence-corrected chi connectivity index (χ1v) is 15.6. The lowest BCUT2D eigenvalue weighted by Crippen LogP contribution is -2.52. The summed E-state index contributed by atoms with van der Waals surface area (Å²) in [5.41, 5.74) is 0. The molecule has 0 aliphatic heterocycles. The molecular formula is C34H59NO5. The number of unbranched alkanes of at least 4 members (excludes halogenated alkanes) is 9. The van der Waals surface area contributed by atoms with Gasteiger partial charge in [0.25, 0.3) is 0 Å². The molecular weight excluding hydrogens is 502 g/mol. The molecule has 6 heteroatoms. The van der Waals surface area contributed by atoms with E-state index in [9.17, 15) is 25.2 Å². The number of carbonyl (C=O) groups excluding carboxylic acids is 1. The van der Waals surface area contributed by atoms with Gasteiger partial charge in [0.15, 0.2) is 0 Å². The van der Waals surface area contributed by atoms with E-state index in [0.717, 1.165) is 44.9 Å². The molecule has 0 saturated heterocycles. The maximum Gasteiger partial charge on any atom is 0.249 e. The molecule has 6 nitrogen and oxygen atoms in total. The predicted octanol–water partition coefficient (Wildman–Crippen LogP) is 6.61. The smallest absolute Gasteiger partial charge is 0.249 e. The van der Waals surface area contributed by atoms with Gasteiger partial charge in [-0.1, -0.05) is 99.8 Å². The van der Waals surface area contributed by atoms with Crippen LogP contribution in [0.3, 0.4) is 0 Å². The molecule has 0 aromatic carbocycles. The normalized spacial score (nSPS) is 15.7. The Hall–Kier alpha value is -1.99. The molecule has 0 spiro atoms. The summed E-state index contributed by atoms with van der Waals surface area (Å²) in [5, 5.41) is 43.0. The number of aliphatic hydroxyl groups is 4. The van der Waals surface area contributed by atoms with Crippen LogP contribution in [0.5, 0.6) is 0 Å². The third-order valence-corrected chi connectivity index (χ3v) is 6.76. The maximum atomic E-state index is 12.3. The summed E-state index contributed by atoms with van der Waals surface area (Å²) in [6, 6.07) is -1.04. The van der Waals surface area contributed by atoms with Crippen LogP contribution in [0, 0.1) is 0 Å². The van der Waals surface area contributed by atoms with Gasteiger partial charge in [-0.15, -0.1) is 0 Å². The Balaban J connectivity index is 4.11. The molecule has 0 bridgehead atoms. The van der Waals surface area contributed by atoms with Crippen LogP contribution >= 0.6 is 0 Å². The van der Waals surface area contributed by atoms with Crippen LogP contribution in [0.15, 0.2) is 60.8 Å². The molecule has 5 N–H and O–H groups in total. The number of allylic oxidation sites excluding steroid dienone is 9. The van der Waals surface area contributed by atoms with Gasteiger partial charge in [0.2, 0.25) is 5.91 Å². The number of nitrogens with one attached hydrogen (secondary N) is 1. The second kappa shape index (κ2) is 28.5. The molecule has 230 valence electrons. The van der Waals surface area contributed by atoms with Crippen LogP contribution in [-0.4, -0.2) is 57.3 Å². The summed E-state index contributed by atoms with van der Waals surface area (Å²) in [5.74, 6) is -0.674. The fourth-order valence-electron chi connectivity index (χ4n) is 4.19. The van der Waals surface area contributed by atoms with Crippen LogP contribution in [0.4, 0.5) is 0 Å². The van der Waals surface area contributed by atoms with Crippen molar-refractivity contribution in [2.24, 2.45) is 0 Å². The van der Waals surface area contributed by atoms with E-state index < -0.39 is 36.9 Å². The van der Waals surface area contributed by atoms with E-state index in [1.807, 2.05) is 13.0 Å². The highest BCUT2D eigenvalue weighted by atomic mass is 16.3. The number of carbonyl (C=O) groups is 1. The van der Waals surface area contributed by atoms with Crippen molar-refractivity contribution in [3.05, 3.63) is 60.8 Å². The van der Waals surface area contributed by atoms with Crippen molar-refractivity contribution in [1.82, 2.24) is 5.32 Å². The predicted molar refractivity (Wildman–Crippen MR) is 168 cm³/mol. The summed E-state index contributed by atoms with van der Waals surface area (Å²) in [4.78, 5) is 12.3. The average Bonchev–Trinajstić information content (AvgIpc) is 2.96. The first-order valence-electron chi connectivity index (χ1n) is 15.6. The van der Waals surface area contributed by atoms with Crippen molar-refractivity contribution < 1.29 is 25.2 Å². The Bertz CT molecular complexity index is 728. The van der Waals surface area contributed by atoms with Crippen LogP contribution in [-0.2, 0) is 4.79 Å². The zero-order valence-corrected chi connectivity index (χ0v) is 25.3. The molecule has 0 aliphatic rings. The number of hydrogen-bond donors (Lipinski definition) is 5. The first kappa shape index (κ1) is 38.0. The van der Waals surface area contributed by atoms with Crippen molar-refractivity contribution in [3.8, 4) is 0 Å². The lowest BCUT2D eigenvalue weighted by molar-refractivity contribution is -0.132. The molecule has 0 aliphatic carbocycles. The Morgan fingerprint density at radius 3 is 1.90 bits per heavy atom. The average molecular weight is 562 g/mol. The Morgan fingerprint density at radius 2 is 1.25 bits per heavy atom. The van der Waals surface area contributed by atoms with Gasteiger partial charge >= 0.3 is 0 Å². The van der Waals surface area contributed by atoms with Gasteiger partial charge in [-0.25, -0.2) is 0 Å². The lowest BCUT2D eigenvalue weighted by atomic mass is 10.0. The van der Waals surface area contributed by atoms with E-state index in [-0.39, 0.29) is 6.42 Å². The molecule has 0 saturated carbocycles. The Kier molecular flexibility index (Phi) is 27.1. The third-order valence-electron chi connectivity index (χ3n) is 6.76. The summed E-state index contributed by atoms with van der Waals surface area (Å²) >= 11 is 0. The van der Waals surface area contributed by atoms with Gasteiger partial charge in [0.05, 0.1) is 18.8 Å². The van der Waals surface area contributed by atoms with Gasteiger partial charge in [-0.3, -0.25) is 4.79 Å². The monoisotopic (exact) mass is 561 g/mol. The molecule has 0 aromatic heterocycles. The minimum Gasteiger partial charge on any atom is -0.394 e. The standard InChI is InChI=1S/C34H59NO5/c1-3-5-7-9-11-13-15-17-19-21-23-25-27-31(37)33(39)30(29-36)35-34(40)32(38)28-26-24-22-20-18-16-14-12-10-8-6-4-2/h3,5,11,13,18-21,24,26,30-33,36-39H,4,6-10,12,14-17,22-23,25,27-29H2,1-2H3,(H,35,40)/b5-3+,13-11+,20-18-,21-19+,26-24-. The Morgan fingerprint density at radius 1 is 0.700 bits per heavy atom. The summed E-state index contributed by atoms with van der Waals surface area (Å²) < 4.78 is 0. The first-order chi connectivity index (χ1) is 19.5. The molecule has 0 fully saturated rings. The highest BCUT2D eigenvalue weighted by Crippen LogP contribution is 2.11. The van der Waals surface area contributed by atoms with Gasteiger partial charge in [-0.2, -0.15) is 0 Å². The largest absolute Gasteiger partial charge is 0.394 e. The molecule has 0 rings (SSSR count). The van der Waals surface area contributed by atoms with Crippen molar-refractivity contribution in [3.63, 3.8) is 0 Å². The maximum absolute atomic E-state index is 12.3. The summed E-state index contributed by atoms with van der Waals surface area (Å²) in [6.45, 7) is 3.72. The minimum absolute atomic E-state index is 0.145. The molecule has 0 radical (unpaired) electrons. The zero-order valence-electron chi connectivity index (χ0n) is 25.3. The topological polar surface area (TPSA) is 110 Å². The van der Waals surface area contributed by atoms with E-state index in [1.165, 1.54) is 38.5 Å². The fraction of sp³-hybridized carbons (Fsp3) is 0.676. The highest BCUT2D eigenvalue weighted by Gasteiger charge is 2.28. The lowest BCUT2D eigenvalue weighted by Gasteiger charge is -2.27. The van der Waals surface area contributed by atoms with E-state index in [1.54, 1.807) is 6.08 Å². The quantitative estimate of drug-likeness (QED) is 0.0603. The SMILES string of the molecule is C/C=C/CC/C=C/CC/C=C/CCCC(O)C(O)C(CO)NC(=O)C(O)C/C=C\C/C=C\CCCCCCCC. The summed E-state index contributed by atoms with van der Waals surface area (Å²) in [7, 11) is 0. The summed E-state index contributed by atoms with van der Waals surface area (Å²) in [6.07, 6.45) is 32.7. The third kappa shape index (κ3) is 22.8. The van der Waals surface area contributed by atoms with Crippen molar-refractivity contribution in [2.45, 2.75) is 141 Å². The van der Waals surface area contributed by atoms with E-state index >= 15 is 0 Å². The zero-order chi connectivity index (χ0) is 29.7. The number of amides is 1. The Labute approximate surface area is 244 Å². The molecule has 40 heavy (non-hydrogen) atoms. The van der Waals surface area contributed by atoms with Crippen LogP contribution in [0.2, 0.25) is 0 Å². The van der Waals surface area contributed by atoms with Gasteiger partial charge in [-0.05, 0) is 71.1 Å². The molecule has 0 aromatic rings. The van der Waals surface area contributed by atoms with E-state index in [0.29, 0.717) is 12.8 Å². The van der Waals surface area contributed by atoms with E-state index in [4.69, 9.17) is 0 Å². The molecule has 4 unspecified atom stereocenters. The second-order valence-corrected chi connectivity index (χ2v) is 10.4. The molecule has 0 heterocycles. The van der Waals surface area contributed by atoms with Crippen molar-refractivity contribution in [1.29, 1.82) is 0 Å². The molecule has 4 atom stereocenters. The van der Waals surface area contributed by atoms with Gasteiger partial charge in [0.1, 0.15) is 12.2 Å². The van der Waals surface area contributed by atoms with Crippen molar-refractivity contribution >= 4 is 5.91 Å². The molecule has 1 amide bonds. The van der Waals surface area contributed by atoms with Crippen molar-refractivity contribution in [2.75, 3.05) is 6.61 Å². The van der Waals surface area contributed by atoms with Crippen LogP contribution < -0.4 is 5.32 Å². The number of hydrogen-bond acceptors (Lipinski definition) is 5. The minimum atomic E-state index is -1.31. The number of rotatable bonds is 26. The highest BCUT2D eigenvalue weighted by molar-refractivity contribution is 5.81. The fourth-order valence-corrected chi connectivity index (χ4v) is 4.19. The van der Waals surface area contributed by atoms with E-state index in [2.05, 4.69) is 60.8 Å². The van der Waals surface area contributed by atoms with Gasteiger partial charge < -0.3 is 25.7 Å².